The first-order valence-electron chi connectivity index (χ1n) is 7.37. The minimum absolute atomic E-state index is 0.0670. The molecule has 1 amide bonds. The molecule has 0 radical (unpaired) electrons. The maximum atomic E-state index is 11.9. The van der Waals surface area contributed by atoms with Gasteiger partial charge in [0.25, 0.3) is 10.1 Å². The molecule has 2 rings (SSSR count). The van der Waals surface area contributed by atoms with Gasteiger partial charge in [-0.1, -0.05) is 29.8 Å². The summed E-state index contributed by atoms with van der Waals surface area (Å²) in [7, 11) is -3.76. The van der Waals surface area contributed by atoms with Crippen LogP contribution in [0.15, 0.2) is 41.3 Å². The summed E-state index contributed by atoms with van der Waals surface area (Å²) < 4.78 is 28.8. The second-order valence-corrected chi connectivity index (χ2v) is 7.02. The zero-order chi connectivity index (χ0) is 16.0. The van der Waals surface area contributed by atoms with Gasteiger partial charge in [0, 0.05) is 13.0 Å². The molecule has 0 spiro atoms. The van der Waals surface area contributed by atoms with Gasteiger partial charge in [-0.25, -0.2) is 0 Å². The van der Waals surface area contributed by atoms with Crippen molar-refractivity contribution in [2.75, 3.05) is 13.2 Å². The standard InChI is InChI=1S/C16H21NO4S/c1-13-6-8-15(9-7-13)22(19,20)21-11-10-17-16(18)12-14-4-2-3-5-14/h2,4,6-9,14H,3,5,10-12H2,1H3,(H,17,18). The van der Waals surface area contributed by atoms with Crippen molar-refractivity contribution in [2.45, 2.75) is 31.1 Å². The van der Waals surface area contributed by atoms with Gasteiger partial charge in [-0.2, -0.15) is 8.42 Å². The fraction of sp³-hybridized carbons (Fsp3) is 0.438. The molecule has 1 aromatic carbocycles. The lowest BCUT2D eigenvalue weighted by molar-refractivity contribution is -0.121. The number of benzene rings is 1. The van der Waals surface area contributed by atoms with E-state index in [-0.39, 0.29) is 24.0 Å². The van der Waals surface area contributed by atoms with Crippen LogP contribution in [0.4, 0.5) is 0 Å². The number of carbonyl (C=O) groups is 1. The third-order valence-electron chi connectivity index (χ3n) is 3.53. The quantitative estimate of drug-likeness (QED) is 0.474. The van der Waals surface area contributed by atoms with Crippen molar-refractivity contribution < 1.29 is 17.4 Å². The fourth-order valence-electron chi connectivity index (χ4n) is 2.29. The molecule has 0 heterocycles. The van der Waals surface area contributed by atoms with E-state index in [9.17, 15) is 13.2 Å². The van der Waals surface area contributed by atoms with Crippen LogP contribution in [0.3, 0.4) is 0 Å². The summed E-state index contributed by atoms with van der Waals surface area (Å²) in [4.78, 5) is 11.8. The molecule has 1 aliphatic carbocycles. The molecule has 0 fully saturated rings. The predicted octanol–water partition coefficient (Wildman–Crippen LogP) is 2.17. The van der Waals surface area contributed by atoms with Crippen LogP contribution >= 0.6 is 0 Å². The molecule has 22 heavy (non-hydrogen) atoms. The summed E-state index contributed by atoms with van der Waals surface area (Å²) in [5.41, 5.74) is 0.979. The van der Waals surface area contributed by atoms with Gasteiger partial charge in [0.1, 0.15) is 0 Å². The Labute approximate surface area is 131 Å². The Bertz CT molecular complexity index is 635. The Hall–Kier alpha value is -1.66. The van der Waals surface area contributed by atoms with Gasteiger partial charge in [0.05, 0.1) is 11.5 Å². The average Bonchev–Trinajstić information content (AvgIpc) is 2.97. The molecule has 5 nitrogen and oxygen atoms in total. The van der Waals surface area contributed by atoms with Crippen LogP contribution in [-0.4, -0.2) is 27.5 Å². The number of amides is 1. The van der Waals surface area contributed by atoms with Crippen molar-refractivity contribution in [3.8, 4) is 0 Å². The highest BCUT2D eigenvalue weighted by Gasteiger charge is 2.16. The molecule has 1 aliphatic rings. The van der Waals surface area contributed by atoms with Gasteiger partial charge in [-0.15, -0.1) is 0 Å². The highest BCUT2D eigenvalue weighted by atomic mass is 32.2. The molecule has 0 saturated heterocycles. The first-order valence-corrected chi connectivity index (χ1v) is 8.78. The number of nitrogens with one attached hydrogen (secondary N) is 1. The van der Waals surface area contributed by atoms with Crippen LogP contribution in [0.2, 0.25) is 0 Å². The first kappa shape index (κ1) is 16.7. The molecule has 0 saturated carbocycles. The van der Waals surface area contributed by atoms with Crippen LogP contribution < -0.4 is 5.32 Å². The molecule has 1 atom stereocenters. The Morgan fingerprint density at radius 3 is 2.68 bits per heavy atom. The van der Waals surface area contributed by atoms with E-state index < -0.39 is 10.1 Å². The molecular formula is C16H21NO4S. The van der Waals surface area contributed by atoms with Gasteiger partial charge in [0.2, 0.25) is 5.91 Å². The lowest BCUT2D eigenvalue weighted by Gasteiger charge is -2.09. The van der Waals surface area contributed by atoms with Crippen LogP contribution in [-0.2, 0) is 19.1 Å². The SMILES string of the molecule is Cc1ccc(S(=O)(=O)OCCNC(=O)CC2C=CCC2)cc1. The minimum Gasteiger partial charge on any atom is -0.354 e. The van der Waals surface area contributed by atoms with E-state index in [1.54, 1.807) is 12.1 Å². The summed E-state index contributed by atoms with van der Waals surface area (Å²) in [5, 5.41) is 2.68. The maximum absolute atomic E-state index is 11.9. The number of allylic oxidation sites excluding steroid dienone is 2. The third kappa shape index (κ3) is 4.96. The van der Waals surface area contributed by atoms with E-state index in [2.05, 4.69) is 17.5 Å². The number of hydrogen-bond donors (Lipinski definition) is 1. The number of carbonyl (C=O) groups excluding carboxylic acids is 1. The monoisotopic (exact) mass is 323 g/mol. The zero-order valence-corrected chi connectivity index (χ0v) is 13.4. The predicted molar refractivity (Wildman–Crippen MR) is 83.8 cm³/mol. The smallest absolute Gasteiger partial charge is 0.297 e. The van der Waals surface area contributed by atoms with Crippen molar-refractivity contribution in [3.63, 3.8) is 0 Å². The Morgan fingerprint density at radius 2 is 2.05 bits per heavy atom. The summed E-state index contributed by atoms with van der Waals surface area (Å²) >= 11 is 0. The van der Waals surface area contributed by atoms with Crippen LogP contribution in [0.25, 0.3) is 0 Å². The third-order valence-corrected chi connectivity index (χ3v) is 4.86. The molecule has 1 unspecified atom stereocenters. The van der Waals surface area contributed by atoms with Gasteiger partial charge in [0.15, 0.2) is 0 Å². The van der Waals surface area contributed by atoms with Gasteiger partial charge in [-0.3, -0.25) is 8.98 Å². The van der Waals surface area contributed by atoms with Crippen molar-refractivity contribution in [1.82, 2.24) is 5.32 Å². The van der Waals surface area contributed by atoms with Gasteiger partial charge < -0.3 is 5.32 Å². The zero-order valence-electron chi connectivity index (χ0n) is 12.6. The summed E-state index contributed by atoms with van der Waals surface area (Å²) in [5.74, 6) is 0.227. The van der Waals surface area contributed by atoms with Crippen LogP contribution in [0.5, 0.6) is 0 Å². The summed E-state index contributed by atoms with van der Waals surface area (Å²) in [6, 6.07) is 6.45. The van der Waals surface area contributed by atoms with Crippen molar-refractivity contribution in [1.29, 1.82) is 0 Å². The highest BCUT2D eigenvalue weighted by Crippen LogP contribution is 2.19. The second-order valence-electron chi connectivity index (χ2n) is 5.41. The topological polar surface area (TPSA) is 72.5 Å². The van der Waals surface area contributed by atoms with E-state index in [1.165, 1.54) is 12.1 Å². The molecule has 0 aliphatic heterocycles. The van der Waals surface area contributed by atoms with Crippen LogP contribution in [0.1, 0.15) is 24.8 Å². The normalized spacial score (nSPS) is 17.6. The Kier molecular flexibility index (Phi) is 5.74. The average molecular weight is 323 g/mol. The van der Waals surface area contributed by atoms with E-state index in [0.29, 0.717) is 12.3 Å². The molecule has 6 heteroatoms. The molecular weight excluding hydrogens is 302 g/mol. The maximum Gasteiger partial charge on any atom is 0.297 e. The lowest BCUT2D eigenvalue weighted by atomic mass is 10.1. The molecule has 0 bridgehead atoms. The van der Waals surface area contributed by atoms with E-state index in [0.717, 1.165) is 18.4 Å². The molecule has 120 valence electrons. The largest absolute Gasteiger partial charge is 0.354 e. The first-order chi connectivity index (χ1) is 10.5. The van der Waals surface area contributed by atoms with Crippen LogP contribution in [0, 0.1) is 12.8 Å². The number of aryl methyl sites for hydroxylation is 1. The second kappa shape index (κ2) is 7.56. The molecule has 1 aromatic rings. The summed E-state index contributed by atoms with van der Waals surface area (Å²) in [6.07, 6.45) is 6.61. The Balaban J connectivity index is 1.72. The Morgan fingerprint density at radius 1 is 1.32 bits per heavy atom. The van der Waals surface area contributed by atoms with Crippen molar-refractivity contribution in [2.24, 2.45) is 5.92 Å². The molecule has 0 aromatic heterocycles. The minimum atomic E-state index is -3.76. The lowest BCUT2D eigenvalue weighted by Crippen LogP contribution is -2.29. The van der Waals surface area contributed by atoms with Crippen molar-refractivity contribution >= 4 is 16.0 Å². The number of rotatable bonds is 7. The molecule has 1 N–H and O–H groups in total. The van der Waals surface area contributed by atoms with Gasteiger partial charge >= 0.3 is 0 Å². The number of hydrogen-bond acceptors (Lipinski definition) is 4. The summed E-state index contributed by atoms with van der Waals surface area (Å²) in [6.45, 7) is 2.00. The van der Waals surface area contributed by atoms with E-state index in [1.807, 2.05) is 6.92 Å². The van der Waals surface area contributed by atoms with Crippen molar-refractivity contribution in [3.05, 3.63) is 42.0 Å². The van der Waals surface area contributed by atoms with E-state index >= 15 is 0 Å². The van der Waals surface area contributed by atoms with Gasteiger partial charge in [-0.05, 0) is 37.8 Å². The van der Waals surface area contributed by atoms with E-state index in [4.69, 9.17) is 4.18 Å². The highest BCUT2D eigenvalue weighted by molar-refractivity contribution is 7.86. The fourth-order valence-corrected chi connectivity index (χ4v) is 3.20.